The second-order valence-electron chi connectivity index (χ2n) is 3.96. The van der Waals surface area contributed by atoms with Gasteiger partial charge in [-0.15, -0.1) is 11.3 Å². The average Bonchev–Trinajstić information content (AvgIpc) is 2.81. The number of rotatable bonds is 6. The van der Waals surface area contributed by atoms with E-state index in [-0.39, 0.29) is 0 Å². The lowest BCUT2D eigenvalue weighted by atomic mass is 10.1. The van der Waals surface area contributed by atoms with Crippen LogP contribution in [-0.2, 0) is 17.9 Å². The first-order valence-corrected chi connectivity index (χ1v) is 6.90. The quantitative estimate of drug-likeness (QED) is 0.868. The minimum Gasteiger partial charge on any atom is -0.378 e. The average molecular weight is 262 g/mol. The van der Waals surface area contributed by atoms with Crippen LogP contribution in [0.3, 0.4) is 0 Å². The highest BCUT2D eigenvalue weighted by atomic mass is 32.1. The number of methoxy groups -OCH3 is 1. The molecule has 1 heterocycles. The van der Waals surface area contributed by atoms with Gasteiger partial charge in [0.1, 0.15) is 5.01 Å². The Morgan fingerprint density at radius 1 is 1.28 bits per heavy atom. The maximum atomic E-state index is 5.16. The Bertz CT molecular complexity index is 482. The Morgan fingerprint density at radius 3 is 2.72 bits per heavy atom. The van der Waals surface area contributed by atoms with Crippen LogP contribution in [0.25, 0.3) is 11.3 Å². The lowest BCUT2D eigenvalue weighted by Gasteiger charge is -2.02. The van der Waals surface area contributed by atoms with Gasteiger partial charge < -0.3 is 10.1 Å². The molecule has 0 saturated carbocycles. The first kappa shape index (κ1) is 13.2. The molecule has 1 aromatic heterocycles. The van der Waals surface area contributed by atoms with E-state index in [1.54, 1.807) is 18.4 Å². The lowest BCUT2D eigenvalue weighted by Crippen LogP contribution is -2.11. The largest absolute Gasteiger partial charge is 0.378 e. The highest BCUT2D eigenvalue weighted by Crippen LogP contribution is 2.28. The minimum atomic E-state index is 0.580. The molecule has 18 heavy (non-hydrogen) atoms. The fourth-order valence-corrected chi connectivity index (χ4v) is 2.80. The molecule has 0 atom stereocenters. The Morgan fingerprint density at radius 2 is 2.06 bits per heavy atom. The van der Waals surface area contributed by atoms with Crippen molar-refractivity contribution in [1.82, 2.24) is 10.3 Å². The normalized spacial score (nSPS) is 10.8. The summed E-state index contributed by atoms with van der Waals surface area (Å²) in [5.41, 5.74) is 2.25. The maximum absolute atomic E-state index is 5.16. The predicted molar refractivity (Wildman–Crippen MR) is 75.6 cm³/mol. The molecule has 0 aliphatic carbocycles. The molecule has 0 unspecified atom stereocenters. The molecule has 2 rings (SSSR count). The Hall–Kier alpha value is -1.23. The molecule has 96 valence electrons. The zero-order chi connectivity index (χ0) is 12.8. The van der Waals surface area contributed by atoms with Gasteiger partial charge in [-0.3, -0.25) is 0 Å². The Kier molecular flexibility index (Phi) is 4.87. The highest BCUT2D eigenvalue weighted by molar-refractivity contribution is 7.12. The minimum absolute atomic E-state index is 0.580. The van der Waals surface area contributed by atoms with E-state index < -0.39 is 0 Å². The lowest BCUT2D eigenvalue weighted by molar-refractivity contribution is 0.184. The van der Waals surface area contributed by atoms with Gasteiger partial charge in [0.15, 0.2) is 0 Å². The number of nitrogens with zero attached hydrogens (tertiary/aromatic N) is 1. The number of hydrogen-bond donors (Lipinski definition) is 1. The van der Waals surface area contributed by atoms with Gasteiger partial charge in [-0.05, 0) is 6.54 Å². The van der Waals surface area contributed by atoms with Gasteiger partial charge in [-0.1, -0.05) is 37.3 Å². The van der Waals surface area contributed by atoms with Crippen LogP contribution >= 0.6 is 11.3 Å². The number of aromatic nitrogens is 1. The molecule has 0 saturated heterocycles. The molecule has 0 fully saturated rings. The molecular formula is C14H18N2OS. The zero-order valence-corrected chi connectivity index (χ0v) is 11.6. The third-order valence-electron chi connectivity index (χ3n) is 2.59. The smallest absolute Gasteiger partial charge is 0.119 e. The monoisotopic (exact) mass is 262 g/mol. The summed E-state index contributed by atoms with van der Waals surface area (Å²) in [7, 11) is 1.70. The molecule has 0 spiro atoms. The van der Waals surface area contributed by atoms with Crippen molar-refractivity contribution in [3.8, 4) is 11.3 Å². The van der Waals surface area contributed by atoms with E-state index in [0.29, 0.717) is 6.61 Å². The first-order chi connectivity index (χ1) is 8.85. The van der Waals surface area contributed by atoms with Gasteiger partial charge in [-0.25, -0.2) is 4.98 Å². The van der Waals surface area contributed by atoms with E-state index >= 15 is 0 Å². The summed E-state index contributed by atoms with van der Waals surface area (Å²) < 4.78 is 5.16. The van der Waals surface area contributed by atoms with Gasteiger partial charge in [0.05, 0.1) is 12.3 Å². The molecule has 0 aliphatic heterocycles. The number of thiazole rings is 1. The van der Waals surface area contributed by atoms with Crippen molar-refractivity contribution in [3.05, 3.63) is 40.2 Å². The van der Waals surface area contributed by atoms with E-state index in [1.165, 1.54) is 10.4 Å². The number of hydrogen-bond acceptors (Lipinski definition) is 4. The van der Waals surface area contributed by atoms with E-state index in [1.807, 2.05) is 18.2 Å². The van der Waals surface area contributed by atoms with E-state index in [4.69, 9.17) is 4.74 Å². The molecule has 0 amide bonds. The molecule has 0 aliphatic rings. The van der Waals surface area contributed by atoms with Crippen molar-refractivity contribution in [2.24, 2.45) is 0 Å². The van der Waals surface area contributed by atoms with Crippen molar-refractivity contribution >= 4 is 11.3 Å². The van der Waals surface area contributed by atoms with E-state index in [2.05, 4.69) is 29.4 Å². The molecule has 0 radical (unpaired) electrons. The molecule has 1 aromatic carbocycles. The number of ether oxygens (including phenoxy) is 1. The van der Waals surface area contributed by atoms with E-state index in [9.17, 15) is 0 Å². The molecule has 3 nitrogen and oxygen atoms in total. The van der Waals surface area contributed by atoms with Crippen LogP contribution in [0.2, 0.25) is 0 Å². The van der Waals surface area contributed by atoms with Crippen LogP contribution in [0, 0.1) is 0 Å². The van der Waals surface area contributed by atoms with Crippen LogP contribution in [0.5, 0.6) is 0 Å². The molecule has 2 aromatic rings. The molecule has 4 heteroatoms. The molecule has 0 bridgehead atoms. The van der Waals surface area contributed by atoms with Crippen molar-refractivity contribution < 1.29 is 4.74 Å². The van der Waals surface area contributed by atoms with Crippen LogP contribution < -0.4 is 5.32 Å². The summed E-state index contributed by atoms with van der Waals surface area (Å²) in [6, 6.07) is 10.3. The van der Waals surface area contributed by atoms with E-state index in [0.717, 1.165) is 23.8 Å². The summed E-state index contributed by atoms with van der Waals surface area (Å²) in [5, 5.41) is 4.39. The summed E-state index contributed by atoms with van der Waals surface area (Å²) in [6.07, 6.45) is 0. The SMILES string of the molecule is CCNCc1sc(COC)nc1-c1ccccc1. The summed E-state index contributed by atoms with van der Waals surface area (Å²) in [5.74, 6) is 0. The summed E-state index contributed by atoms with van der Waals surface area (Å²) in [6.45, 7) is 4.52. The second-order valence-corrected chi connectivity index (χ2v) is 5.13. The topological polar surface area (TPSA) is 34.1 Å². The molecule has 1 N–H and O–H groups in total. The van der Waals surface area contributed by atoms with Crippen LogP contribution in [0.4, 0.5) is 0 Å². The molecular weight excluding hydrogens is 244 g/mol. The van der Waals surface area contributed by atoms with Gasteiger partial charge in [0.2, 0.25) is 0 Å². The fourth-order valence-electron chi connectivity index (χ4n) is 1.77. The zero-order valence-electron chi connectivity index (χ0n) is 10.8. The second kappa shape index (κ2) is 6.64. The highest BCUT2D eigenvalue weighted by Gasteiger charge is 2.12. The van der Waals surface area contributed by atoms with Gasteiger partial charge in [0, 0.05) is 24.1 Å². The predicted octanol–water partition coefficient (Wildman–Crippen LogP) is 3.07. The Labute approximate surface area is 112 Å². The van der Waals surface area contributed by atoms with Gasteiger partial charge in [-0.2, -0.15) is 0 Å². The Balaban J connectivity index is 2.31. The first-order valence-electron chi connectivity index (χ1n) is 6.08. The van der Waals surface area contributed by atoms with Crippen molar-refractivity contribution in [2.75, 3.05) is 13.7 Å². The third-order valence-corrected chi connectivity index (χ3v) is 3.62. The van der Waals surface area contributed by atoms with Gasteiger partial charge in [0.25, 0.3) is 0 Å². The maximum Gasteiger partial charge on any atom is 0.119 e. The van der Waals surface area contributed by atoms with Crippen molar-refractivity contribution in [2.45, 2.75) is 20.1 Å². The van der Waals surface area contributed by atoms with Gasteiger partial charge >= 0.3 is 0 Å². The standard InChI is InChI=1S/C14H18N2OS/c1-3-15-9-12-14(11-7-5-4-6-8-11)16-13(18-12)10-17-2/h4-8,15H,3,9-10H2,1-2H3. The van der Waals surface area contributed by atoms with Crippen molar-refractivity contribution in [3.63, 3.8) is 0 Å². The van der Waals surface area contributed by atoms with Crippen LogP contribution in [0.15, 0.2) is 30.3 Å². The number of nitrogens with one attached hydrogen (secondary N) is 1. The van der Waals surface area contributed by atoms with Crippen LogP contribution in [0.1, 0.15) is 16.8 Å². The van der Waals surface area contributed by atoms with Crippen LogP contribution in [-0.4, -0.2) is 18.6 Å². The van der Waals surface area contributed by atoms with Crippen molar-refractivity contribution in [1.29, 1.82) is 0 Å². The summed E-state index contributed by atoms with van der Waals surface area (Å²) >= 11 is 1.72. The third kappa shape index (κ3) is 3.16. The fraction of sp³-hybridized carbons (Fsp3) is 0.357. The number of benzene rings is 1. The summed E-state index contributed by atoms with van der Waals surface area (Å²) in [4.78, 5) is 5.95.